The molecule has 0 saturated carbocycles. The fourth-order valence-corrected chi connectivity index (χ4v) is 3.19. The summed E-state index contributed by atoms with van der Waals surface area (Å²) in [7, 11) is 4.03. The van der Waals surface area contributed by atoms with Crippen molar-refractivity contribution < 1.29 is 0 Å². The van der Waals surface area contributed by atoms with Crippen molar-refractivity contribution in [2.45, 2.75) is 52.6 Å². The van der Waals surface area contributed by atoms with Crippen LogP contribution in [-0.2, 0) is 6.54 Å². The van der Waals surface area contributed by atoms with Gasteiger partial charge < -0.3 is 20.4 Å². The van der Waals surface area contributed by atoms with E-state index in [4.69, 9.17) is 0 Å². The summed E-state index contributed by atoms with van der Waals surface area (Å²) in [4.78, 5) is 9.20. The van der Waals surface area contributed by atoms with E-state index < -0.39 is 0 Å². The molecule has 162 valence electrons. The standard InChI is InChI=1S/C22H41N5.HI/c1-6-27(7-2)18-11-13-20(3)25-22(23-4)24-16-12-17-26(5)19-21-14-9-8-10-15-21;/h8-10,14-15,20H,6-7,11-13,16-19H2,1-5H3,(H2,23,24,25);1H. The molecule has 0 fully saturated rings. The van der Waals surface area contributed by atoms with Crippen molar-refractivity contribution in [1.29, 1.82) is 0 Å². The second kappa shape index (κ2) is 17.0. The SMILES string of the molecule is CCN(CC)CCCC(C)NC(=NC)NCCCN(C)Cc1ccccc1.I. The predicted octanol–water partition coefficient (Wildman–Crippen LogP) is 3.80. The van der Waals surface area contributed by atoms with Gasteiger partial charge in [0.25, 0.3) is 0 Å². The molecule has 0 saturated heterocycles. The largest absolute Gasteiger partial charge is 0.356 e. The van der Waals surface area contributed by atoms with Gasteiger partial charge >= 0.3 is 0 Å². The molecule has 1 aromatic rings. The van der Waals surface area contributed by atoms with Gasteiger partial charge in [-0.05, 0) is 65.0 Å². The molecule has 0 aromatic heterocycles. The molecule has 1 rings (SSSR count). The Morgan fingerprint density at radius 3 is 2.36 bits per heavy atom. The first kappa shape index (κ1) is 27.1. The number of halogens is 1. The lowest BCUT2D eigenvalue weighted by Crippen LogP contribution is -2.43. The van der Waals surface area contributed by atoms with Gasteiger partial charge in [-0.2, -0.15) is 0 Å². The van der Waals surface area contributed by atoms with Gasteiger partial charge in [-0.15, -0.1) is 24.0 Å². The number of guanidine groups is 1. The van der Waals surface area contributed by atoms with E-state index in [2.05, 4.69) is 83.6 Å². The van der Waals surface area contributed by atoms with E-state index in [0.717, 1.165) is 51.5 Å². The van der Waals surface area contributed by atoms with Crippen LogP contribution in [0.15, 0.2) is 35.3 Å². The first-order valence-corrected chi connectivity index (χ1v) is 10.5. The third-order valence-electron chi connectivity index (χ3n) is 4.92. The highest BCUT2D eigenvalue weighted by atomic mass is 127. The number of nitrogens with zero attached hydrogens (tertiary/aromatic N) is 3. The molecule has 5 nitrogen and oxygen atoms in total. The molecule has 0 aliphatic rings. The lowest BCUT2D eigenvalue weighted by Gasteiger charge is -2.21. The van der Waals surface area contributed by atoms with E-state index in [-0.39, 0.29) is 24.0 Å². The van der Waals surface area contributed by atoms with Crippen LogP contribution in [0.5, 0.6) is 0 Å². The number of hydrogen-bond donors (Lipinski definition) is 2. The fourth-order valence-electron chi connectivity index (χ4n) is 3.19. The van der Waals surface area contributed by atoms with Gasteiger partial charge in [-0.1, -0.05) is 44.2 Å². The summed E-state index contributed by atoms with van der Waals surface area (Å²) < 4.78 is 0. The van der Waals surface area contributed by atoms with Gasteiger partial charge in [0.2, 0.25) is 0 Å². The average Bonchev–Trinajstić information content (AvgIpc) is 2.68. The Kier molecular flexibility index (Phi) is 16.5. The molecule has 1 aromatic carbocycles. The Morgan fingerprint density at radius 2 is 1.75 bits per heavy atom. The Balaban J connectivity index is 0.00000729. The monoisotopic (exact) mass is 503 g/mol. The topological polar surface area (TPSA) is 42.9 Å². The van der Waals surface area contributed by atoms with Gasteiger partial charge in [0, 0.05) is 26.2 Å². The van der Waals surface area contributed by atoms with Crippen LogP contribution in [0.1, 0.15) is 45.6 Å². The summed E-state index contributed by atoms with van der Waals surface area (Å²) in [6.45, 7) is 13.2. The van der Waals surface area contributed by atoms with E-state index in [9.17, 15) is 0 Å². The molecular formula is C22H42IN5. The fraction of sp³-hybridized carbons (Fsp3) is 0.682. The molecule has 0 aliphatic carbocycles. The lowest BCUT2D eigenvalue weighted by molar-refractivity contribution is 0.292. The van der Waals surface area contributed by atoms with Crippen LogP contribution < -0.4 is 10.6 Å². The highest BCUT2D eigenvalue weighted by Gasteiger charge is 2.07. The Labute approximate surface area is 190 Å². The van der Waals surface area contributed by atoms with Crippen LogP contribution in [0.3, 0.4) is 0 Å². The third kappa shape index (κ3) is 12.6. The van der Waals surface area contributed by atoms with Crippen molar-refractivity contribution in [3.8, 4) is 0 Å². The minimum absolute atomic E-state index is 0. The van der Waals surface area contributed by atoms with E-state index in [0.29, 0.717) is 6.04 Å². The van der Waals surface area contributed by atoms with Crippen molar-refractivity contribution in [3.05, 3.63) is 35.9 Å². The zero-order valence-corrected chi connectivity index (χ0v) is 20.9. The molecule has 0 amide bonds. The molecule has 1 atom stereocenters. The molecule has 0 radical (unpaired) electrons. The number of nitrogens with one attached hydrogen (secondary N) is 2. The molecule has 6 heteroatoms. The lowest BCUT2D eigenvalue weighted by atomic mass is 10.2. The Hall–Kier alpha value is -0.860. The highest BCUT2D eigenvalue weighted by Crippen LogP contribution is 2.03. The van der Waals surface area contributed by atoms with Crippen LogP contribution in [-0.4, -0.2) is 68.6 Å². The maximum absolute atomic E-state index is 4.36. The van der Waals surface area contributed by atoms with E-state index in [1.165, 1.54) is 18.5 Å². The predicted molar refractivity (Wildman–Crippen MR) is 134 cm³/mol. The highest BCUT2D eigenvalue weighted by molar-refractivity contribution is 14.0. The summed E-state index contributed by atoms with van der Waals surface area (Å²) in [6, 6.07) is 11.1. The number of benzene rings is 1. The summed E-state index contributed by atoms with van der Waals surface area (Å²) in [5, 5.41) is 6.95. The first-order valence-electron chi connectivity index (χ1n) is 10.5. The number of rotatable bonds is 13. The smallest absolute Gasteiger partial charge is 0.191 e. The first-order chi connectivity index (χ1) is 13.1. The summed E-state index contributed by atoms with van der Waals surface area (Å²) in [6.07, 6.45) is 3.48. The van der Waals surface area contributed by atoms with Crippen molar-refractivity contribution in [3.63, 3.8) is 0 Å². The molecule has 28 heavy (non-hydrogen) atoms. The second-order valence-corrected chi connectivity index (χ2v) is 7.29. The molecule has 0 heterocycles. The molecule has 0 aliphatic heterocycles. The van der Waals surface area contributed by atoms with Gasteiger partial charge in [0.05, 0.1) is 0 Å². The van der Waals surface area contributed by atoms with E-state index in [1.54, 1.807) is 0 Å². The van der Waals surface area contributed by atoms with Crippen molar-refractivity contribution >= 4 is 29.9 Å². The zero-order valence-electron chi connectivity index (χ0n) is 18.6. The molecular weight excluding hydrogens is 461 g/mol. The zero-order chi connectivity index (χ0) is 19.9. The van der Waals surface area contributed by atoms with Gasteiger partial charge in [-0.3, -0.25) is 4.99 Å². The van der Waals surface area contributed by atoms with Crippen LogP contribution in [0.25, 0.3) is 0 Å². The van der Waals surface area contributed by atoms with Crippen molar-refractivity contribution in [2.75, 3.05) is 46.8 Å². The molecule has 0 spiro atoms. The Bertz CT molecular complexity index is 505. The third-order valence-corrected chi connectivity index (χ3v) is 4.92. The Morgan fingerprint density at radius 1 is 1.07 bits per heavy atom. The summed E-state index contributed by atoms with van der Waals surface area (Å²) in [5.74, 6) is 0.913. The number of hydrogen-bond acceptors (Lipinski definition) is 3. The molecule has 2 N–H and O–H groups in total. The second-order valence-electron chi connectivity index (χ2n) is 7.29. The maximum Gasteiger partial charge on any atom is 0.191 e. The minimum atomic E-state index is 0. The van der Waals surface area contributed by atoms with Crippen LogP contribution in [0.4, 0.5) is 0 Å². The van der Waals surface area contributed by atoms with Gasteiger partial charge in [0.1, 0.15) is 0 Å². The molecule has 1 unspecified atom stereocenters. The van der Waals surface area contributed by atoms with Gasteiger partial charge in [0.15, 0.2) is 5.96 Å². The summed E-state index contributed by atoms with van der Waals surface area (Å²) in [5.41, 5.74) is 1.36. The van der Waals surface area contributed by atoms with Crippen molar-refractivity contribution in [2.24, 2.45) is 4.99 Å². The van der Waals surface area contributed by atoms with Crippen LogP contribution >= 0.6 is 24.0 Å². The number of aliphatic imine (C=N–C) groups is 1. The average molecular weight is 504 g/mol. The maximum atomic E-state index is 4.36. The van der Waals surface area contributed by atoms with Crippen LogP contribution in [0, 0.1) is 0 Å². The van der Waals surface area contributed by atoms with Gasteiger partial charge in [-0.25, -0.2) is 0 Å². The molecule has 0 bridgehead atoms. The summed E-state index contributed by atoms with van der Waals surface area (Å²) >= 11 is 0. The van der Waals surface area contributed by atoms with E-state index >= 15 is 0 Å². The quantitative estimate of drug-likeness (QED) is 0.186. The normalized spacial score (nSPS) is 12.8. The van der Waals surface area contributed by atoms with E-state index in [1.807, 2.05) is 7.05 Å². The van der Waals surface area contributed by atoms with Crippen molar-refractivity contribution in [1.82, 2.24) is 20.4 Å². The van der Waals surface area contributed by atoms with Crippen LogP contribution in [0.2, 0.25) is 0 Å². The minimum Gasteiger partial charge on any atom is -0.356 e.